The van der Waals surface area contributed by atoms with Crippen LogP contribution in [0.2, 0.25) is 5.02 Å². The van der Waals surface area contributed by atoms with Crippen molar-refractivity contribution in [3.8, 4) is 0 Å². The topological polar surface area (TPSA) is 38.5 Å². The summed E-state index contributed by atoms with van der Waals surface area (Å²) in [4.78, 5) is 2.30. The van der Waals surface area contributed by atoms with Gasteiger partial charge in [0.15, 0.2) is 0 Å². The minimum atomic E-state index is 0.406. The monoisotopic (exact) mass is 254 g/mol. The number of hydrogen-bond donors (Lipinski definition) is 1. The lowest BCUT2D eigenvalue weighted by atomic mass is 10.1. The summed E-state index contributed by atoms with van der Waals surface area (Å²) in [7, 11) is 0. The number of piperidine rings is 1. The fourth-order valence-electron chi connectivity index (χ4n) is 2.28. The van der Waals surface area contributed by atoms with Crippen molar-refractivity contribution < 1.29 is 4.74 Å². The van der Waals surface area contributed by atoms with E-state index in [9.17, 15) is 0 Å². The molecule has 0 spiro atoms. The summed E-state index contributed by atoms with van der Waals surface area (Å²) >= 11 is 6.21. The zero-order valence-corrected chi connectivity index (χ0v) is 10.9. The zero-order valence-electron chi connectivity index (χ0n) is 10.2. The molecule has 0 amide bonds. The highest BCUT2D eigenvalue weighted by molar-refractivity contribution is 6.33. The van der Waals surface area contributed by atoms with Crippen LogP contribution in [0.1, 0.15) is 19.8 Å². The van der Waals surface area contributed by atoms with E-state index in [-0.39, 0.29) is 0 Å². The first-order chi connectivity index (χ1) is 8.20. The van der Waals surface area contributed by atoms with Gasteiger partial charge in [-0.25, -0.2) is 0 Å². The molecule has 3 nitrogen and oxygen atoms in total. The number of hydrogen-bond acceptors (Lipinski definition) is 3. The van der Waals surface area contributed by atoms with E-state index in [0.717, 1.165) is 43.2 Å². The average Bonchev–Trinajstić information content (AvgIpc) is 2.31. The third-order valence-corrected chi connectivity index (χ3v) is 3.46. The molecule has 0 bridgehead atoms. The number of nitrogens with two attached hydrogens (primary N) is 1. The van der Waals surface area contributed by atoms with Crippen molar-refractivity contribution in [2.75, 3.05) is 30.3 Å². The minimum absolute atomic E-state index is 0.406. The van der Waals surface area contributed by atoms with Crippen molar-refractivity contribution in [2.45, 2.75) is 25.9 Å². The van der Waals surface area contributed by atoms with Crippen LogP contribution >= 0.6 is 11.6 Å². The van der Waals surface area contributed by atoms with Crippen LogP contribution in [-0.2, 0) is 4.74 Å². The van der Waals surface area contributed by atoms with Gasteiger partial charge in [-0.2, -0.15) is 0 Å². The van der Waals surface area contributed by atoms with Crippen LogP contribution in [0.4, 0.5) is 11.4 Å². The largest absolute Gasteiger partial charge is 0.399 e. The van der Waals surface area contributed by atoms with Crippen LogP contribution < -0.4 is 10.6 Å². The van der Waals surface area contributed by atoms with E-state index in [1.165, 1.54) is 0 Å². The fraction of sp³-hybridized carbons (Fsp3) is 0.538. The lowest BCUT2D eigenvalue weighted by Gasteiger charge is -2.33. The molecular weight excluding hydrogens is 236 g/mol. The van der Waals surface area contributed by atoms with Gasteiger partial charge < -0.3 is 15.4 Å². The second-order valence-electron chi connectivity index (χ2n) is 4.35. The molecule has 1 aliphatic rings. The van der Waals surface area contributed by atoms with Crippen molar-refractivity contribution in [3.63, 3.8) is 0 Å². The SMILES string of the molecule is CCOC1CCN(c2ccc(N)cc2Cl)CC1. The third kappa shape index (κ3) is 3.05. The Morgan fingerprint density at radius 3 is 2.71 bits per heavy atom. The van der Waals surface area contributed by atoms with Gasteiger partial charge in [0.05, 0.1) is 16.8 Å². The number of benzene rings is 1. The second-order valence-corrected chi connectivity index (χ2v) is 4.76. The van der Waals surface area contributed by atoms with E-state index in [4.69, 9.17) is 22.1 Å². The van der Waals surface area contributed by atoms with Crippen molar-refractivity contribution in [1.82, 2.24) is 0 Å². The quantitative estimate of drug-likeness (QED) is 0.843. The summed E-state index contributed by atoms with van der Waals surface area (Å²) in [5.41, 5.74) is 7.49. The standard InChI is InChI=1S/C13H19ClN2O/c1-2-17-11-5-7-16(8-6-11)13-4-3-10(15)9-12(13)14/h3-4,9,11H,2,5-8,15H2,1H3. The molecule has 1 aromatic rings. The summed E-state index contributed by atoms with van der Waals surface area (Å²) in [5.74, 6) is 0. The van der Waals surface area contributed by atoms with Gasteiger partial charge in [0.2, 0.25) is 0 Å². The first-order valence-electron chi connectivity index (χ1n) is 6.12. The molecule has 0 aromatic heterocycles. The Labute approximate surface area is 107 Å². The zero-order chi connectivity index (χ0) is 12.3. The Balaban J connectivity index is 2.00. The number of nitrogen functional groups attached to an aromatic ring is 1. The number of anilines is 2. The molecule has 94 valence electrons. The van der Waals surface area contributed by atoms with Crippen LogP contribution in [-0.4, -0.2) is 25.8 Å². The van der Waals surface area contributed by atoms with Crippen molar-refractivity contribution in [3.05, 3.63) is 23.2 Å². The maximum Gasteiger partial charge on any atom is 0.0660 e. The third-order valence-electron chi connectivity index (χ3n) is 3.16. The highest BCUT2D eigenvalue weighted by Crippen LogP contribution is 2.30. The average molecular weight is 255 g/mol. The van der Waals surface area contributed by atoms with Crippen molar-refractivity contribution >= 4 is 23.0 Å². The lowest BCUT2D eigenvalue weighted by molar-refractivity contribution is 0.0459. The van der Waals surface area contributed by atoms with Crippen LogP contribution in [0.3, 0.4) is 0 Å². The Morgan fingerprint density at radius 1 is 1.41 bits per heavy atom. The molecule has 17 heavy (non-hydrogen) atoms. The molecule has 1 heterocycles. The van der Waals surface area contributed by atoms with E-state index in [1.54, 1.807) is 0 Å². The van der Waals surface area contributed by atoms with E-state index >= 15 is 0 Å². The van der Waals surface area contributed by atoms with Gasteiger partial charge in [0, 0.05) is 25.4 Å². The molecule has 2 rings (SSSR count). The second kappa shape index (κ2) is 5.61. The predicted molar refractivity (Wildman–Crippen MR) is 72.7 cm³/mol. The van der Waals surface area contributed by atoms with Crippen molar-refractivity contribution in [1.29, 1.82) is 0 Å². The molecule has 1 fully saturated rings. The van der Waals surface area contributed by atoms with Crippen molar-refractivity contribution in [2.24, 2.45) is 0 Å². The maximum absolute atomic E-state index is 6.21. The highest BCUT2D eigenvalue weighted by atomic mass is 35.5. The van der Waals surface area contributed by atoms with Crippen LogP contribution in [0.5, 0.6) is 0 Å². The van der Waals surface area contributed by atoms with Gasteiger partial charge in [-0.1, -0.05) is 11.6 Å². The fourth-order valence-corrected chi connectivity index (χ4v) is 2.59. The van der Waals surface area contributed by atoms with Crippen LogP contribution in [0, 0.1) is 0 Å². The number of ether oxygens (including phenoxy) is 1. The predicted octanol–water partition coefficient (Wildman–Crippen LogP) is 2.93. The normalized spacial score (nSPS) is 17.4. The number of rotatable bonds is 3. The molecular formula is C13H19ClN2O. The summed E-state index contributed by atoms with van der Waals surface area (Å²) in [6.45, 7) is 4.83. The first kappa shape index (κ1) is 12.5. The molecule has 2 N–H and O–H groups in total. The highest BCUT2D eigenvalue weighted by Gasteiger charge is 2.20. The van der Waals surface area contributed by atoms with Gasteiger partial charge in [0.1, 0.15) is 0 Å². The van der Waals surface area contributed by atoms with E-state index in [1.807, 2.05) is 25.1 Å². The molecule has 1 saturated heterocycles. The number of nitrogens with zero attached hydrogens (tertiary/aromatic N) is 1. The van der Waals surface area contributed by atoms with Gasteiger partial charge in [0.25, 0.3) is 0 Å². The molecule has 0 unspecified atom stereocenters. The Kier molecular flexibility index (Phi) is 4.13. The molecule has 0 radical (unpaired) electrons. The molecule has 0 aliphatic carbocycles. The molecule has 0 saturated carbocycles. The summed E-state index contributed by atoms with van der Waals surface area (Å²) in [5, 5.41) is 0.736. The Hall–Kier alpha value is -0.930. The van der Waals surface area contributed by atoms with E-state index in [2.05, 4.69) is 4.90 Å². The van der Waals surface area contributed by atoms with Crippen LogP contribution in [0.15, 0.2) is 18.2 Å². The smallest absolute Gasteiger partial charge is 0.0660 e. The maximum atomic E-state index is 6.21. The van der Waals surface area contributed by atoms with E-state index in [0.29, 0.717) is 11.8 Å². The lowest BCUT2D eigenvalue weighted by Crippen LogP contribution is -2.37. The summed E-state index contributed by atoms with van der Waals surface area (Å²) < 4.78 is 5.64. The van der Waals surface area contributed by atoms with Gasteiger partial charge >= 0.3 is 0 Å². The van der Waals surface area contributed by atoms with Crippen LogP contribution in [0.25, 0.3) is 0 Å². The van der Waals surface area contributed by atoms with Gasteiger partial charge in [-0.05, 0) is 38.0 Å². The van der Waals surface area contributed by atoms with Gasteiger partial charge in [-0.15, -0.1) is 0 Å². The summed E-state index contributed by atoms with van der Waals surface area (Å²) in [6, 6.07) is 5.71. The molecule has 1 aliphatic heterocycles. The van der Waals surface area contributed by atoms with Gasteiger partial charge in [-0.3, -0.25) is 0 Å². The Bertz CT molecular complexity index is 376. The minimum Gasteiger partial charge on any atom is -0.399 e. The Morgan fingerprint density at radius 2 is 2.12 bits per heavy atom. The molecule has 0 atom stereocenters. The molecule has 4 heteroatoms. The van der Waals surface area contributed by atoms with E-state index < -0.39 is 0 Å². The first-order valence-corrected chi connectivity index (χ1v) is 6.50. The summed E-state index contributed by atoms with van der Waals surface area (Å²) in [6.07, 6.45) is 2.53. The molecule has 1 aromatic carbocycles. The number of halogens is 1.